The standard InChI is InChI=1S/C26H24BrN3O3/c1-28-15-17-5-9-20(10-6-17)29-25(18-4-2-3-16(13-18)7-12-23(31)32)24-21-11-8-19(27)14-22(21)30-26(24)33/h2-6,8-11,13-14,28-29H,7,12,15H2,1H3,(H,30,33)(H,31,32). The maximum atomic E-state index is 13.1. The summed E-state index contributed by atoms with van der Waals surface area (Å²) in [6, 6.07) is 21.4. The molecule has 6 nitrogen and oxygen atoms in total. The molecule has 3 aromatic rings. The van der Waals surface area contributed by atoms with Crippen LogP contribution in [0, 0.1) is 0 Å². The summed E-state index contributed by atoms with van der Waals surface area (Å²) < 4.78 is 0.882. The molecule has 7 heteroatoms. The van der Waals surface area contributed by atoms with Crippen molar-refractivity contribution in [2.24, 2.45) is 0 Å². The van der Waals surface area contributed by atoms with Crippen LogP contribution in [-0.2, 0) is 22.6 Å². The summed E-state index contributed by atoms with van der Waals surface area (Å²) in [4.78, 5) is 24.1. The van der Waals surface area contributed by atoms with Crippen molar-refractivity contribution in [3.05, 3.63) is 93.5 Å². The predicted octanol–water partition coefficient (Wildman–Crippen LogP) is 5.12. The SMILES string of the molecule is CNCc1ccc(NC(=C2C(=O)Nc3cc(Br)ccc32)c2cccc(CCC(=O)O)c2)cc1. The van der Waals surface area contributed by atoms with E-state index in [0.29, 0.717) is 17.7 Å². The lowest BCUT2D eigenvalue weighted by molar-refractivity contribution is -0.137. The summed E-state index contributed by atoms with van der Waals surface area (Å²) in [6.07, 6.45) is 0.466. The summed E-state index contributed by atoms with van der Waals surface area (Å²) in [5.74, 6) is -1.03. The van der Waals surface area contributed by atoms with Crippen molar-refractivity contribution >= 4 is 50.5 Å². The summed E-state index contributed by atoms with van der Waals surface area (Å²) in [5.41, 5.74) is 6.50. The minimum Gasteiger partial charge on any atom is -0.481 e. The fraction of sp³-hybridized carbons (Fsp3) is 0.154. The quantitative estimate of drug-likeness (QED) is 0.319. The van der Waals surface area contributed by atoms with E-state index in [1.54, 1.807) is 0 Å². The van der Waals surface area contributed by atoms with E-state index in [1.807, 2.05) is 73.8 Å². The average molecular weight is 506 g/mol. The normalized spacial score (nSPS) is 13.9. The van der Waals surface area contributed by atoms with Gasteiger partial charge < -0.3 is 21.1 Å². The van der Waals surface area contributed by atoms with Crippen LogP contribution in [0.25, 0.3) is 11.3 Å². The molecule has 0 aromatic heterocycles. The third kappa shape index (κ3) is 5.32. The molecule has 0 saturated carbocycles. The molecule has 1 aliphatic rings. The molecule has 0 radical (unpaired) electrons. The van der Waals surface area contributed by atoms with Crippen molar-refractivity contribution in [2.45, 2.75) is 19.4 Å². The minimum atomic E-state index is -0.839. The molecule has 1 aliphatic heterocycles. The van der Waals surface area contributed by atoms with Crippen LogP contribution < -0.4 is 16.0 Å². The third-order valence-corrected chi connectivity index (χ3v) is 5.92. The van der Waals surface area contributed by atoms with Gasteiger partial charge in [0.1, 0.15) is 0 Å². The molecule has 1 amide bonds. The Morgan fingerprint density at radius 1 is 1.03 bits per heavy atom. The van der Waals surface area contributed by atoms with Crippen LogP contribution in [0.5, 0.6) is 0 Å². The molecule has 1 heterocycles. The van der Waals surface area contributed by atoms with E-state index in [1.165, 1.54) is 0 Å². The highest BCUT2D eigenvalue weighted by atomic mass is 79.9. The summed E-state index contributed by atoms with van der Waals surface area (Å²) in [5, 5.41) is 18.6. The summed E-state index contributed by atoms with van der Waals surface area (Å²) in [7, 11) is 1.90. The molecular weight excluding hydrogens is 482 g/mol. The highest BCUT2D eigenvalue weighted by Crippen LogP contribution is 2.39. The van der Waals surface area contributed by atoms with Gasteiger partial charge in [0.25, 0.3) is 5.91 Å². The lowest BCUT2D eigenvalue weighted by Gasteiger charge is -2.16. The van der Waals surface area contributed by atoms with Crippen molar-refractivity contribution in [1.82, 2.24) is 5.32 Å². The number of carbonyl (C=O) groups is 2. The van der Waals surface area contributed by atoms with E-state index in [0.717, 1.165) is 44.6 Å². The zero-order valence-corrected chi connectivity index (χ0v) is 19.7. The molecule has 0 fully saturated rings. The van der Waals surface area contributed by atoms with Crippen molar-refractivity contribution in [3.8, 4) is 0 Å². The van der Waals surface area contributed by atoms with Crippen molar-refractivity contribution in [3.63, 3.8) is 0 Å². The van der Waals surface area contributed by atoms with Crippen LogP contribution in [0.1, 0.15) is 28.7 Å². The summed E-state index contributed by atoms with van der Waals surface area (Å²) >= 11 is 3.46. The highest BCUT2D eigenvalue weighted by molar-refractivity contribution is 9.10. The number of carboxylic acid groups (broad SMARTS) is 1. The average Bonchev–Trinajstić information content (AvgIpc) is 3.12. The number of hydrogen-bond acceptors (Lipinski definition) is 4. The van der Waals surface area contributed by atoms with E-state index in [4.69, 9.17) is 5.11 Å². The predicted molar refractivity (Wildman–Crippen MR) is 135 cm³/mol. The first-order valence-corrected chi connectivity index (χ1v) is 11.4. The Bertz CT molecular complexity index is 1240. The Morgan fingerprint density at radius 2 is 1.82 bits per heavy atom. The first-order chi connectivity index (χ1) is 15.9. The van der Waals surface area contributed by atoms with Gasteiger partial charge in [-0.15, -0.1) is 0 Å². The van der Waals surface area contributed by atoms with Gasteiger partial charge in [0.15, 0.2) is 0 Å². The second-order valence-corrected chi connectivity index (χ2v) is 8.76. The monoisotopic (exact) mass is 505 g/mol. The van der Waals surface area contributed by atoms with E-state index in [2.05, 4.69) is 31.9 Å². The zero-order valence-electron chi connectivity index (χ0n) is 18.1. The number of carboxylic acids is 1. The molecule has 4 rings (SSSR count). The second kappa shape index (κ2) is 10.0. The van der Waals surface area contributed by atoms with Crippen LogP contribution in [-0.4, -0.2) is 24.0 Å². The Labute approximate surface area is 200 Å². The number of nitrogens with one attached hydrogen (secondary N) is 3. The molecule has 4 N–H and O–H groups in total. The van der Waals surface area contributed by atoms with Gasteiger partial charge >= 0.3 is 5.97 Å². The van der Waals surface area contributed by atoms with Gasteiger partial charge in [-0.25, -0.2) is 0 Å². The largest absolute Gasteiger partial charge is 0.481 e. The van der Waals surface area contributed by atoms with E-state index in [-0.39, 0.29) is 12.3 Å². The lowest BCUT2D eigenvalue weighted by Crippen LogP contribution is -2.10. The number of anilines is 2. The number of aliphatic carboxylic acids is 1. The van der Waals surface area contributed by atoms with Gasteiger partial charge in [0.2, 0.25) is 0 Å². The van der Waals surface area contributed by atoms with Gasteiger partial charge in [-0.1, -0.05) is 52.3 Å². The molecule has 0 unspecified atom stereocenters. The molecule has 0 aliphatic carbocycles. The van der Waals surface area contributed by atoms with Gasteiger partial charge in [0, 0.05) is 28.7 Å². The maximum Gasteiger partial charge on any atom is 0.303 e. The molecular formula is C26H24BrN3O3. The Morgan fingerprint density at radius 3 is 2.55 bits per heavy atom. The minimum absolute atomic E-state index is 0.0487. The Balaban J connectivity index is 1.80. The number of benzene rings is 3. The number of halogens is 1. The Kier molecular flexibility index (Phi) is 6.91. The lowest BCUT2D eigenvalue weighted by atomic mass is 9.97. The van der Waals surface area contributed by atoms with Crippen molar-refractivity contribution in [1.29, 1.82) is 0 Å². The van der Waals surface area contributed by atoms with E-state index in [9.17, 15) is 9.59 Å². The fourth-order valence-corrected chi connectivity index (χ4v) is 4.22. The molecule has 0 saturated heterocycles. The fourth-order valence-electron chi connectivity index (χ4n) is 3.86. The van der Waals surface area contributed by atoms with Crippen LogP contribution in [0.3, 0.4) is 0 Å². The first-order valence-electron chi connectivity index (χ1n) is 10.6. The van der Waals surface area contributed by atoms with Crippen LogP contribution in [0.2, 0.25) is 0 Å². The van der Waals surface area contributed by atoms with Crippen molar-refractivity contribution < 1.29 is 14.7 Å². The summed E-state index contributed by atoms with van der Waals surface area (Å²) in [6.45, 7) is 0.768. The van der Waals surface area contributed by atoms with Crippen LogP contribution >= 0.6 is 15.9 Å². The van der Waals surface area contributed by atoms with Gasteiger partial charge in [-0.05, 0) is 60.5 Å². The molecule has 3 aromatic carbocycles. The number of fused-ring (bicyclic) bond motifs is 1. The second-order valence-electron chi connectivity index (χ2n) is 7.84. The van der Waals surface area contributed by atoms with Gasteiger partial charge in [0.05, 0.1) is 17.0 Å². The number of amides is 1. The maximum absolute atomic E-state index is 13.1. The Hall–Kier alpha value is -3.42. The smallest absolute Gasteiger partial charge is 0.303 e. The molecule has 33 heavy (non-hydrogen) atoms. The van der Waals surface area contributed by atoms with Crippen molar-refractivity contribution in [2.75, 3.05) is 17.7 Å². The van der Waals surface area contributed by atoms with Gasteiger partial charge in [-0.3, -0.25) is 9.59 Å². The number of rotatable bonds is 8. The van der Waals surface area contributed by atoms with Gasteiger partial charge in [-0.2, -0.15) is 0 Å². The number of hydrogen-bond donors (Lipinski definition) is 4. The third-order valence-electron chi connectivity index (χ3n) is 5.42. The number of aryl methyl sites for hydroxylation is 1. The van der Waals surface area contributed by atoms with Crippen LogP contribution in [0.4, 0.5) is 11.4 Å². The molecule has 168 valence electrons. The van der Waals surface area contributed by atoms with E-state index >= 15 is 0 Å². The molecule has 0 atom stereocenters. The molecule has 0 bridgehead atoms. The topological polar surface area (TPSA) is 90.5 Å². The zero-order chi connectivity index (χ0) is 23.4. The highest BCUT2D eigenvalue weighted by Gasteiger charge is 2.28. The van der Waals surface area contributed by atoms with E-state index < -0.39 is 5.97 Å². The molecule has 0 spiro atoms. The van der Waals surface area contributed by atoms with Crippen LogP contribution in [0.15, 0.2) is 71.2 Å². The number of carbonyl (C=O) groups excluding carboxylic acids is 1. The first kappa shape index (κ1) is 22.8.